The third kappa shape index (κ3) is 1.64. The van der Waals surface area contributed by atoms with Crippen molar-refractivity contribution in [2.45, 2.75) is 45.6 Å². The van der Waals surface area contributed by atoms with Crippen molar-refractivity contribution in [1.29, 1.82) is 0 Å². The summed E-state index contributed by atoms with van der Waals surface area (Å²) in [4.78, 5) is 0. The molecular formula is C14H19N. The number of fused-ring (bicyclic) bond motifs is 1. The second-order valence-electron chi connectivity index (χ2n) is 5.24. The van der Waals surface area contributed by atoms with Crippen LogP contribution < -0.4 is 5.32 Å². The topological polar surface area (TPSA) is 12.0 Å². The van der Waals surface area contributed by atoms with E-state index in [0.717, 1.165) is 12.0 Å². The predicted molar refractivity (Wildman–Crippen MR) is 64.4 cm³/mol. The molecule has 1 aliphatic heterocycles. The van der Waals surface area contributed by atoms with E-state index in [2.05, 4.69) is 31.3 Å². The summed E-state index contributed by atoms with van der Waals surface area (Å²) in [6.07, 6.45) is 5.49. The summed E-state index contributed by atoms with van der Waals surface area (Å²) in [5.41, 5.74) is 5.79. The fourth-order valence-electron chi connectivity index (χ4n) is 2.88. The maximum atomic E-state index is 3.75. The summed E-state index contributed by atoms with van der Waals surface area (Å²) >= 11 is 0. The van der Waals surface area contributed by atoms with Crippen molar-refractivity contribution < 1.29 is 0 Å². The molecule has 0 spiro atoms. The van der Waals surface area contributed by atoms with Gasteiger partial charge in [-0.15, -0.1) is 0 Å². The van der Waals surface area contributed by atoms with Gasteiger partial charge in [-0.1, -0.05) is 17.7 Å². The van der Waals surface area contributed by atoms with E-state index < -0.39 is 0 Å². The highest BCUT2D eigenvalue weighted by Gasteiger charge is 2.33. The second kappa shape index (κ2) is 3.26. The molecule has 0 bridgehead atoms. The molecule has 1 fully saturated rings. The SMILES string of the molecule is Cc1cc(C)c2c(c1)CCC(C1CC1)N2. The molecule has 80 valence electrons. The van der Waals surface area contributed by atoms with E-state index >= 15 is 0 Å². The molecule has 0 saturated heterocycles. The van der Waals surface area contributed by atoms with Crippen LogP contribution in [0.2, 0.25) is 0 Å². The fraction of sp³-hybridized carbons (Fsp3) is 0.571. The molecule has 1 atom stereocenters. The maximum absolute atomic E-state index is 3.75. The van der Waals surface area contributed by atoms with Crippen LogP contribution in [0.15, 0.2) is 12.1 Å². The summed E-state index contributed by atoms with van der Waals surface area (Å²) < 4.78 is 0. The summed E-state index contributed by atoms with van der Waals surface area (Å²) in [6.45, 7) is 4.42. The van der Waals surface area contributed by atoms with Gasteiger partial charge in [0.1, 0.15) is 0 Å². The van der Waals surface area contributed by atoms with Crippen molar-refractivity contribution in [3.63, 3.8) is 0 Å². The molecule has 3 rings (SSSR count). The first-order valence-corrected chi connectivity index (χ1v) is 6.11. The number of hydrogen-bond acceptors (Lipinski definition) is 1. The summed E-state index contributed by atoms with van der Waals surface area (Å²) in [6, 6.07) is 5.40. The van der Waals surface area contributed by atoms with Crippen LogP contribution >= 0.6 is 0 Å². The molecule has 0 radical (unpaired) electrons. The zero-order chi connectivity index (χ0) is 10.4. The Hall–Kier alpha value is -0.980. The lowest BCUT2D eigenvalue weighted by Gasteiger charge is -2.29. The number of anilines is 1. The number of benzene rings is 1. The van der Waals surface area contributed by atoms with Crippen LogP contribution in [0, 0.1) is 19.8 Å². The smallest absolute Gasteiger partial charge is 0.0404 e. The van der Waals surface area contributed by atoms with E-state index in [1.165, 1.54) is 48.1 Å². The van der Waals surface area contributed by atoms with Crippen molar-refractivity contribution in [3.05, 3.63) is 28.8 Å². The van der Waals surface area contributed by atoms with E-state index in [9.17, 15) is 0 Å². The van der Waals surface area contributed by atoms with E-state index in [1.54, 1.807) is 0 Å². The lowest BCUT2D eigenvalue weighted by molar-refractivity contribution is 0.569. The van der Waals surface area contributed by atoms with Crippen LogP contribution in [-0.4, -0.2) is 6.04 Å². The van der Waals surface area contributed by atoms with Crippen molar-refractivity contribution in [2.24, 2.45) is 5.92 Å². The molecule has 1 aliphatic carbocycles. The first-order valence-electron chi connectivity index (χ1n) is 6.11. The van der Waals surface area contributed by atoms with Crippen LogP contribution in [0.3, 0.4) is 0 Å². The highest BCUT2D eigenvalue weighted by molar-refractivity contribution is 5.61. The third-order valence-corrected chi connectivity index (χ3v) is 3.81. The van der Waals surface area contributed by atoms with Gasteiger partial charge < -0.3 is 5.32 Å². The molecule has 1 saturated carbocycles. The molecule has 1 nitrogen and oxygen atoms in total. The van der Waals surface area contributed by atoms with Crippen LogP contribution in [0.25, 0.3) is 0 Å². The molecule has 0 aromatic heterocycles. The van der Waals surface area contributed by atoms with Crippen molar-refractivity contribution in [1.82, 2.24) is 0 Å². The average Bonchev–Trinajstić information content (AvgIpc) is 3.00. The van der Waals surface area contributed by atoms with E-state index in [4.69, 9.17) is 0 Å². The van der Waals surface area contributed by atoms with Crippen LogP contribution in [0.1, 0.15) is 36.0 Å². The number of nitrogens with one attached hydrogen (secondary N) is 1. The highest BCUT2D eigenvalue weighted by atomic mass is 15.0. The fourth-order valence-corrected chi connectivity index (χ4v) is 2.88. The largest absolute Gasteiger partial charge is 0.382 e. The van der Waals surface area contributed by atoms with Crippen LogP contribution in [0.4, 0.5) is 5.69 Å². The number of rotatable bonds is 1. The molecule has 2 aliphatic rings. The Bertz CT molecular complexity index is 391. The van der Waals surface area contributed by atoms with Gasteiger partial charge in [-0.3, -0.25) is 0 Å². The number of hydrogen-bond donors (Lipinski definition) is 1. The van der Waals surface area contributed by atoms with E-state index in [0.29, 0.717) is 0 Å². The zero-order valence-corrected chi connectivity index (χ0v) is 9.64. The Balaban J connectivity index is 1.93. The second-order valence-corrected chi connectivity index (χ2v) is 5.24. The third-order valence-electron chi connectivity index (χ3n) is 3.81. The maximum Gasteiger partial charge on any atom is 0.0404 e. The van der Waals surface area contributed by atoms with Crippen LogP contribution in [0.5, 0.6) is 0 Å². The average molecular weight is 201 g/mol. The predicted octanol–water partition coefficient (Wildman–Crippen LogP) is 3.44. The van der Waals surface area contributed by atoms with Gasteiger partial charge in [-0.2, -0.15) is 0 Å². The Morgan fingerprint density at radius 2 is 1.93 bits per heavy atom. The minimum absolute atomic E-state index is 0.763. The van der Waals surface area contributed by atoms with Gasteiger partial charge in [-0.05, 0) is 56.6 Å². The Kier molecular flexibility index (Phi) is 2.01. The minimum Gasteiger partial charge on any atom is -0.382 e. The quantitative estimate of drug-likeness (QED) is 0.734. The van der Waals surface area contributed by atoms with Gasteiger partial charge in [0.05, 0.1) is 0 Å². The summed E-state index contributed by atoms with van der Waals surface area (Å²) in [5, 5.41) is 3.75. The van der Waals surface area contributed by atoms with Gasteiger partial charge in [0.15, 0.2) is 0 Å². The van der Waals surface area contributed by atoms with Gasteiger partial charge in [-0.25, -0.2) is 0 Å². The number of aryl methyl sites for hydroxylation is 3. The van der Waals surface area contributed by atoms with Gasteiger partial charge >= 0.3 is 0 Å². The Labute approximate surface area is 91.9 Å². The van der Waals surface area contributed by atoms with Gasteiger partial charge in [0.2, 0.25) is 0 Å². The zero-order valence-electron chi connectivity index (χ0n) is 9.64. The molecule has 1 unspecified atom stereocenters. The molecule has 1 aromatic rings. The summed E-state index contributed by atoms with van der Waals surface area (Å²) in [7, 11) is 0. The lowest BCUT2D eigenvalue weighted by atomic mass is 9.92. The monoisotopic (exact) mass is 201 g/mol. The molecule has 1 N–H and O–H groups in total. The van der Waals surface area contributed by atoms with Crippen molar-refractivity contribution in [3.8, 4) is 0 Å². The molecule has 1 heteroatoms. The summed E-state index contributed by atoms with van der Waals surface area (Å²) in [5.74, 6) is 0.971. The van der Waals surface area contributed by atoms with Gasteiger partial charge in [0.25, 0.3) is 0 Å². The normalized spacial score (nSPS) is 24.5. The Morgan fingerprint density at radius 1 is 1.13 bits per heavy atom. The van der Waals surface area contributed by atoms with Crippen molar-refractivity contribution >= 4 is 5.69 Å². The minimum atomic E-state index is 0.763. The first kappa shape index (κ1) is 9.26. The molecule has 0 amide bonds. The Morgan fingerprint density at radius 3 is 2.67 bits per heavy atom. The van der Waals surface area contributed by atoms with E-state index in [-0.39, 0.29) is 0 Å². The molecular weight excluding hydrogens is 182 g/mol. The lowest BCUT2D eigenvalue weighted by Crippen LogP contribution is -2.27. The standard InChI is InChI=1S/C14H19N/c1-9-7-10(2)14-12(8-9)5-6-13(15-14)11-3-4-11/h7-8,11,13,15H,3-6H2,1-2H3. The first-order chi connectivity index (χ1) is 7.24. The van der Waals surface area contributed by atoms with Crippen molar-refractivity contribution in [2.75, 3.05) is 5.32 Å². The molecule has 1 heterocycles. The highest BCUT2D eigenvalue weighted by Crippen LogP contribution is 2.40. The molecule has 1 aromatic carbocycles. The van der Waals surface area contributed by atoms with Crippen LogP contribution in [-0.2, 0) is 6.42 Å². The van der Waals surface area contributed by atoms with E-state index in [1.807, 2.05) is 0 Å². The van der Waals surface area contributed by atoms with Gasteiger partial charge in [0, 0.05) is 11.7 Å². The molecule has 15 heavy (non-hydrogen) atoms.